The smallest absolute Gasteiger partial charge is 0.356 e. The molecule has 1 fully saturated rings. The molecular formula is C12H16F3N3. The number of rotatable bonds is 3. The highest BCUT2D eigenvalue weighted by Gasteiger charge is 2.33. The van der Waals surface area contributed by atoms with Crippen LogP contribution in [0.25, 0.3) is 0 Å². The molecule has 2 N–H and O–H groups in total. The van der Waals surface area contributed by atoms with E-state index in [1.807, 2.05) is 4.90 Å². The van der Waals surface area contributed by atoms with E-state index in [4.69, 9.17) is 5.73 Å². The van der Waals surface area contributed by atoms with Crippen molar-refractivity contribution in [2.75, 3.05) is 24.5 Å². The summed E-state index contributed by atoms with van der Waals surface area (Å²) in [5.74, 6) is 0.871. The van der Waals surface area contributed by atoms with Gasteiger partial charge in [0.25, 0.3) is 0 Å². The second kappa shape index (κ2) is 5.14. The molecule has 0 saturated carbocycles. The van der Waals surface area contributed by atoms with Gasteiger partial charge in [-0.1, -0.05) is 6.07 Å². The molecule has 0 aliphatic carbocycles. The van der Waals surface area contributed by atoms with E-state index >= 15 is 0 Å². The van der Waals surface area contributed by atoms with Crippen molar-refractivity contribution in [3.05, 3.63) is 23.9 Å². The maximum Gasteiger partial charge on any atom is 0.433 e. The summed E-state index contributed by atoms with van der Waals surface area (Å²) in [4.78, 5) is 5.59. The molecule has 0 radical (unpaired) electrons. The molecule has 1 atom stereocenters. The summed E-state index contributed by atoms with van der Waals surface area (Å²) in [5, 5.41) is 0. The van der Waals surface area contributed by atoms with Crippen molar-refractivity contribution in [2.45, 2.75) is 19.0 Å². The fraction of sp³-hybridized carbons (Fsp3) is 0.583. The lowest BCUT2D eigenvalue weighted by molar-refractivity contribution is -0.141. The lowest BCUT2D eigenvalue weighted by Gasteiger charge is -2.18. The van der Waals surface area contributed by atoms with Gasteiger partial charge in [-0.3, -0.25) is 0 Å². The Kier molecular flexibility index (Phi) is 3.75. The largest absolute Gasteiger partial charge is 0.433 e. The van der Waals surface area contributed by atoms with Crippen LogP contribution < -0.4 is 10.6 Å². The zero-order valence-electron chi connectivity index (χ0n) is 9.95. The van der Waals surface area contributed by atoms with Crippen molar-refractivity contribution in [2.24, 2.45) is 11.7 Å². The highest BCUT2D eigenvalue weighted by atomic mass is 19.4. The Morgan fingerprint density at radius 3 is 2.83 bits per heavy atom. The van der Waals surface area contributed by atoms with Gasteiger partial charge in [-0.15, -0.1) is 0 Å². The number of hydrogen-bond acceptors (Lipinski definition) is 3. The van der Waals surface area contributed by atoms with E-state index in [-0.39, 0.29) is 0 Å². The van der Waals surface area contributed by atoms with E-state index in [1.54, 1.807) is 6.07 Å². The first kappa shape index (κ1) is 13.1. The van der Waals surface area contributed by atoms with E-state index in [2.05, 4.69) is 4.98 Å². The molecule has 1 aliphatic heterocycles. The number of nitrogens with two attached hydrogens (primary N) is 1. The van der Waals surface area contributed by atoms with Gasteiger partial charge in [0.05, 0.1) is 0 Å². The van der Waals surface area contributed by atoms with Crippen molar-refractivity contribution in [3.63, 3.8) is 0 Å². The van der Waals surface area contributed by atoms with Crippen LogP contribution in [-0.2, 0) is 6.18 Å². The Labute approximate surface area is 104 Å². The van der Waals surface area contributed by atoms with Crippen molar-refractivity contribution in [1.29, 1.82) is 0 Å². The predicted molar refractivity (Wildman–Crippen MR) is 63.2 cm³/mol. The molecule has 1 aromatic rings. The molecule has 1 aromatic heterocycles. The Hall–Kier alpha value is -1.30. The van der Waals surface area contributed by atoms with Crippen LogP contribution in [-0.4, -0.2) is 24.6 Å². The van der Waals surface area contributed by atoms with Crippen molar-refractivity contribution >= 4 is 5.82 Å². The molecule has 18 heavy (non-hydrogen) atoms. The number of hydrogen-bond donors (Lipinski definition) is 1. The summed E-state index contributed by atoms with van der Waals surface area (Å²) in [7, 11) is 0. The second-order valence-electron chi connectivity index (χ2n) is 4.56. The number of nitrogens with zero attached hydrogens (tertiary/aromatic N) is 2. The van der Waals surface area contributed by atoms with Gasteiger partial charge in [0.15, 0.2) is 0 Å². The van der Waals surface area contributed by atoms with Crippen LogP contribution in [0, 0.1) is 5.92 Å². The lowest BCUT2D eigenvalue weighted by Crippen LogP contribution is -2.22. The molecule has 1 unspecified atom stereocenters. The maximum atomic E-state index is 12.6. The zero-order valence-corrected chi connectivity index (χ0v) is 9.95. The van der Waals surface area contributed by atoms with Crippen LogP contribution >= 0.6 is 0 Å². The highest BCUT2D eigenvalue weighted by Crippen LogP contribution is 2.30. The summed E-state index contributed by atoms with van der Waals surface area (Å²) in [5.41, 5.74) is 4.66. The number of anilines is 1. The minimum atomic E-state index is -4.38. The van der Waals surface area contributed by atoms with Crippen molar-refractivity contribution in [3.8, 4) is 0 Å². The summed E-state index contributed by atoms with van der Waals surface area (Å²) in [6.07, 6.45) is -2.50. The molecule has 6 heteroatoms. The van der Waals surface area contributed by atoms with Crippen LogP contribution in [0.4, 0.5) is 19.0 Å². The Balaban J connectivity index is 2.10. The van der Waals surface area contributed by atoms with Crippen LogP contribution in [0.5, 0.6) is 0 Å². The van der Waals surface area contributed by atoms with Gasteiger partial charge in [0.1, 0.15) is 11.5 Å². The topological polar surface area (TPSA) is 42.1 Å². The number of halogens is 3. The average Bonchev–Trinajstić information content (AvgIpc) is 2.77. The first-order valence-electron chi connectivity index (χ1n) is 6.00. The Morgan fingerprint density at radius 1 is 1.39 bits per heavy atom. The SMILES string of the molecule is NCCC1CCN(c2cccc(C(F)(F)F)n2)C1. The first-order valence-corrected chi connectivity index (χ1v) is 6.00. The summed E-state index contributed by atoms with van der Waals surface area (Å²) >= 11 is 0. The molecule has 100 valence electrons. The van der Waals surface area contributed by atoms with Gasteiger partial charge >= 0.3 is 6.18 Å². The lowest BCUT2D eigenvalue weighted by atomic mass is 10.1. The van der Waals surface area contributed by atoms with Gasteiger partial charge in [-0.05, 0) is 37.4 Å². The summed E-state index contributed by atoms with van der Waals surface area (Å²) < 4.78 is 37.7. The number of alkyl halides is 3. The second-order valence-corrected chi connectivity index (χ2v) is 4.56. The molecule has 0 bridgehead atoms. The third-order valence-corrected chi connectivity index (χ3v) is 3.21. The van der Waals surface area contributed by atoms with E-state index in [0.717, 1.165) is 32.0 Å². The van der Waals surface area contributed by atoms with Gasteiger partial charge in [-0.2, -0.15) is 13.2 Å². The Morgan fingerprint density at radius 2 is 2.17 bits per heavy atom. The minimum absolute atomic E-state index is 0.407. The maximum absolute atomic E-state index is 12.6. The molecule has 2 rings (SSSR count). The third kappa shape index (κ3) is 2.93. The third-order valence-electron chi connectivity index (χ3n) is 3.21. The zero-order chi connectivity index (χ0) is 13.2. The van der Waals surface area contributed by atoms with Gasteiger partial charge < -0.3 is 10.6 Å². The van der Waals surface area contributed by atoms with Crippen LogP contribution in [0.1, 0.15) is 18.5 Å². The minimum Gasteiger partial charge on any atom is -0.356 e. The van der Waals surface area contributed by atoms with E-state index in [9.17, 15) is 13.2 Å². The average molecular weight is 259 g/mol. The molecule has 1 saturated heterocycles. The first-order chi connectivity index (χ1) is 8.50. The monoisotopic (exact) mass is 259 g/mol. The fourth-order valence-electron chi connectivity index (χ4n) is 2.27. The van der Waals surface area contributed by atoms with Crippen LogP contribution in [0.2, 0.25) is 0 Å². The van der Waals surface area contributed by atoms with Crippen LogP contribution in [0.3, 0.4) is 0 Å². The highest BCUT2D eigenvalue weighted by molar-refractivity contribution is 5.40. The van der Waals surface area contributed by atoms with Gasteiger partial charge in [-0.25, -0.2) is 4.98 Å². The molecule has 2 heterocycles. The van der Waals surface area contributed by atoms with Crippen LogP contribution in [0.15, 0.2) is 18.2 Å². The van der Waals surface area contributed by atoms with Gasteiger partial charge in [0, 0.05) is 13.1 Å². The van der Waals surface area contributed by atoms with Gasteiger partial charge in [0.2, 0.25) is 0 Å². The molecular weight excluding hydrogens is 243 g/mol. The quantitative estimate of drug-likeness (QED) is 0.905. The summed E-state index contributed by atoms with van der Waals surface area (Å²) in [6, 6.07) is 4.03. The molecule has 0 spiro atoms. The Bertz CT molecular complexity index is 406. The van der Waals surface area contributed by atoms with Crippen molar-refractivity contribution in [1.82, 2.24) is 4.98 Å². The van der Waals surface area contributed by atoms with E-state index in [1.165, 1.54) is 6.07 Å². The van der Waals surface area contributed by atoms with E-state index in [0.29, 0.717) is 18.3 Å². The molecule has 1 aliphatic rings. The molecule has 0 amide bonds. The standard InChI is InChI=1S/C12H16F3N3/c13-12(14,15)10-2-1-3-11(17-10)18-7-5-9(8-18)4-6-16/h1-3,9H,4-8,16H2. The number of pyridine rings is 1. The predicted octanol–water partition coefficient (Wildman–Crippen LogP) is 2.28. The summed E-state index contributed by atoms with van der Waals surface area (Å²) in [6.45, 7) is 2.11. The molecule has 0 aromatic carbocycles. The fourth-order valence-corrected chi connectivity index (χ4v) is 2.27. The molecule has 3 nitrogen and oxygen atoms in total. The number of aromatic nitrogens is 1. The normalized spacial score (nSPS) is 20.4. The van der Waals surface area contributed by atoms with E-state index < -0.39 is 11.9 Å². The van der Waals surface area contributed by atoms with Crippen molar-refractivity contribution < 1.29 is 13.2 Å².